The van der Waals surface area contributed by atoms with E-state index >= 15 is 0 Å². The average Bonchev–Trinajstić information content (AvgIpc) is 2.02. The van der Waals surface area contributed by atoms with Gasteiger partial charge in [-0.1, -0.05) is 0 Å². The van der Waals surface area contributed by atoms with Crippen molar-refractivity contribution < 1.29 is 4.79 Å². The fraction of sp³-hybridized carbons (Fsp3) is 0.333. The molecule has 1 aliphatic rings. The van der Waals surface area contributed by atoms with Crippen LogP contribution in [0.2, 0.25) is 0 Å². The predicted molar refractivity (Wildman–Crippen MR) is 45.9 cm³/mol. The summed E-state index contributed by atoms with van der Waals surface area (Å²) in [6.07, 6.45) is 4.19. The highest BCUT2D eigenvalue weighted by Crippen LogP contribution is 2.20. The van der Waals surface area contributed by atoms with Crippen molar-refractivity contribution >= 4 is 11.6 Å². The van der Waals surface area contributed by atoms with E-state index in [4.69, 9.17) is 0 Å². The Bertz CT molecular complexity index is 322. The van der Waals surface area contributed by atoms with Crippen molar-refractivity contribution in [2.75, 3.05) is 11.4 Å². The Morgan fingerprint density at radius 1 is 1.50 bits per heavy atom. The van der Waals surface area contributed by atoms with Gasteiger partial charge >= 0.3 is 0 Å². The Hall–Kier alpha value is -1.38. The van der Waals surface area contributed by atoms with Crippen LogP contribution in [0, 0.1) is 6.92 Å². The van der Waals surface area contributed by atoms with Crippen molar-refractivity contribution in [2.24, 2.45) is 0 Å². The third-order valence-corrected chi connectivity index (χ3v) is 2.02. The van der Waals surface area contributed by atoms with Crippen molar-refractivity contribution in [3.63, 3.8) is 0 Å². The van der Waals surface area contributed by atoms with Gasteiger partial charge in [-0.3, -0.25) is 9.78 Å². The van der Waals surface area contributed by atoms with Crippen LogP contribution in [-0.4, -0.2) is 17.4 Å². The fourth-order valence-corrected chi connectivity index (χ4v) is 1.27. The van der Waals surface area contributed by atoms with Gasteiger partial charge in [0.15, 0.2) is 0 Å². The standard InChI is InChI=1S/C9H10N2O/c1-7-4-8(6-10-5-7)11-3-2-9(11)12/h4-6H,2-3H2,1H3. The van der Waals surface area contributed by atoms with E-state index in [2.05, 4.69) is 4.98 Å². The van der Waals surface area contributed by atoms with E-state index in [9.17, 15) is 4.79 Å². The molecule has 3 heteroatoms. The minimum absolute atomic E-state index is 0.197. The maximum absolute atomic E-state index is 11.0. The molecule has 12 heavy (non-hydrogen) atoms. The lowest BCUT2D eigenvalue weighted by Crippen LogP contribution is -2.43. The number of nitrogens with zero attached hydrogens (tertiary/aromatic N) is 2. The van der Waals surface area contributed by atoms with Crippen LogP contribution < -0.4 is 4.90 Å². The first-order valence-electron chi connectivity index (χ1n) is 3.99. The highest BCUT2D eigenvalue weighted by atomic mass is 16.2. The lowest BCUT2D eigenvalue weighted by molar-refractivity contribution is -0.122. The molecular formula is C9H10N2O. The van der Waals surface area contributed by atoms with E-state index in [-0.39, 0.29) is 5.91 Å². The normalized spacial score (nSPS) is 16.1. The third-order valence-electron chi connectivity index (χ3n) is 2.02. The Kier molecular flexibility index (Phi) is 1.57. The summed E-state index contributed by atoms with van der Waals surface area (Å²) in [5, 5.41) is 0. The van der Waals surface area contributed by atoms with E-state index in [0.29, 0.717) is 6.42 Å². The molecule has 62 valence electrons. The van der Waals surface area contributed by atoms with Crippen molar-refractivity contribution in [2.45, 2.75) is 13.3 Å². The number of aromatic nitrogens is 1. The molecule has 1 amide bonds. The van der Waals surface area contributed by atoms with E-state index < -0.39 is 0 Å². The second-order valence-electron chi connectivity index (χ2n) is 3.02. The molecule has 0 unspecified atom stereocenters. The Morgan fingerprint density at radius 2 is 2.33 bits per heavy atom. The highest BCUT2D eigenvalue weighted by molar-refractivity contribution is 5.99. The molecule has 1 aromatic rings. The topological polar surface area (TPSA) is 33.2 Å². The first-order valence-corrected chi connectivity index (χ1v) is 3.99. The van der Waals surface area contributed by atoms with Crippen LogP contribution in [0.3, 0.4) is 0 Å². The number of β-lactam (4-membered cyclic amide) rings is 1. The number of rotatable bonds is 1. The molecule has 0 radical (unpaired) electrons. The Balaban J connectivity index is 2.28. The van der Waals surface area contributed by atoms with Crippen LogP contribution in [0.5, 0.6) is 0 Å². The van der Waals surface area contributed by atoms with Gasteiger partial charge in [0.1, 0.15) is 0 Å². The van der Waals surface area contributed by atoms with Crippen LogP contribution >= 0.6 is 0 Å². The van der Waals surface area contributed by atoms with Crippen LogP contribution in [0.15, 0.2) is 18.5 Å². The number of carbonyl (C=O) groups is 1. The maximum atomic E-state index is 11.0. The molecule has 1 aliphatic heterocycles. The molecule has 0 spiro atoms. The Morgan fingerprint density at radius 3 is 2.83 bits per heavy atom. The molecule has 0 saturated carbocycles. The van der Waals surface area contributed by atoms with E-state index in [0.717, 1.165) is 17.8 Å². The van der Waals surface area contributed by atoms with Gasteiger partial charge in [0.2, 0.25) is 5.91 Å². The molecular weight excluding hydrogens is 152 g/mol. The summed E-state index contributed by atoms with van der Waals surface area (Å²) in [7, 11) is 0. The number of hydrogen-bond acceptors (Lipinski definition) is 2. The highest BCUT2D eigenvalue weighted by Gasteiger charge is 2.25. The quantitative estimate of drug-likeness (QED) is 0.580. The van der Waals surface area contributed by atoms with Crippen molar-refractivity contribution in [3.05, 3.63) is 24.0 Å². The van der Waals surface area contributed by atoms with Gasteiger partial charge in [-0.25, -0.2) is 0 Å². The molecule has 2 rings (SSSR count). The summed E-state index contributed by atoms with van der Waals surface area (Å²) in [5.41, 5.74) is 2.01. The number of carbonyl (C=O) groups excluding carboxylic acids is 1. The minimum Gasteiger partial charge on any atom is -0.310 e. The lowest BCUT2D eigenvalue weighted by atomic mass is 10.1. The zero-order valence-corrected chi connectivity index (χ0v) is 6.95. The molecule has 1 fully saturated rings. The van der Waals surface area contributed by atoms with Crippen LogP contribution in [-0.2, 0) is 4.79 Å². The molecule has 0 bridgehead atoms. The van der Waals surface area contributed by atoms with Gasteiger partial charge in [0.05, 0.1) is 11.9 Å². The molecule has 0 atom stereocenters. The number of amides is 1. The van der Waals surface area contributed by atoms with Gasteiger partial charge in [-0.05, 0) is 18.6 Å². The minimum atomic E-state index is 0.197. The SMILES string of the molecule is Cc1cncc(N2CCC2=O)c1. The molecule has 1 aromatic heterocycles. The smallest absolute Gasteiger partial charge is 0.228 e. The van der Waals surface area contributed by atoms with Crippen LogP contribution in [0.4, 0.5) is 5.69 Å². The zero-order chi connectivity index (χ0) is 8.55. The lowest BCUT2D eigenvalue weighted by Gasteiger charge is -2.30. The average molecular weight is 162 g/mol. The summed E-state index contributed by atoms with van der Waals surface area (Å²) in [4.78, 5) is 16.8. The van der Waals surface area contributed by atoms with Gasteiger partial charge in [-0.2, -0.15) is 0 Å². The number of pyridine rings is 1. The number of anilines is 1. The first kappa shape index (κ1) is 7.28. The van der Waals surface area contributed by atoms with Crippen molar-refractivity contribution in [3.8, 4) is 0 Å². The molecule has 0 N–H and O–H groups in total. The first-order chi connectivity index (χ1) is 5.77. The number of aryl methyl sites for hydroxylation is 1. The predicted octanol–water partition coefficient (Wildman–Crippen LogP) is 1.13. The van der Waals surface area contributed by atoms with Gasteiger partial charge in [0, 0.05) is 19.2 Å². The van der Waals surface area contributed by atoms with E-state index in [1.54, 1.807) is 17.3 Å². The summed E-state index contributed by atoms with van der Waals surface area (Å²) in [5.74, 6) is 0.197. The summed E-state index contributed by atoms with van der Waals surface area (Å²) in [6.45, 7) is 2.81. The second kappa shape index (κ2) is 2.59. The van der Waals surface area contributed by atoms with Crippen LogP contribution in [0.25, 0.3) is 0 Å². The van der Waals surface area contributed by atoms with Gasteiger partial charge < -0.3 is 4.90 Å². The molecule has 3 nitrogen and oxygen atoms in total. The van der Waals surface area contributed by atoms with E-state index in [1.165, 1.54) is 0 Å². The van der Waals surface area contributed by atoms with Gasteiger partial charge in [0.25, 0.3) is 0 Å². The fourth-order valence-electron chi connectivity index (χ4n) is 1.27. The Labute approximate surface area is 71.0 Å². The van der Waals surface area contributed by atoms with Gasteiger partial charge in [-0.15, -0.1) is 0 Å². The monoisotopic (exact) mass is 162 g/mol. The molecule has 2 heterocycles. The summed E-state index contributed by atoms with van der Waals surface area (Å²) >= 11 is 0. The largest absolute Gasteiger partial charge is 0.310 e. The summed E-state index contributed by atoms with van der Waals surface area (Å²) in [6, 6.07) is 1.98. The van der Waals surface area contributed by atoms with Crippen LogP contribution in [0.1, 0.15) is 12.0 Å². The van der Waals surface area contributed by atoms with E-state index in [1.807, 2.05) is 13.0 Å². The van der Waals surface area contributed by atoms with Crippen molar-refractivity contribution in [1.29, 1.82) is 0 Å². The van der Waals surface area contributed by atoms with Crippen molar-refractivity contribution in [1.82, 2.24) is 4.98 Å². The molecule has 0 aliphatic carbocycles. The number of hydrogen-bond donors (Lipinski definition) is 0. The second-order valence-corrected chi connectivity index (χ2v) is 3.02. The third kappa shape index (κ3) is 1.07. The summed E-state index contributed by atoms with van der Waals surface area (Å²) < 4.78 is 0. The molecule has 0 aromatic carbocycles. The molecule has 1 saturated heterocycles. The maximum Gasteiger partial charge on any atom is 0.228 e. The zero-order valence-electron chi connectivity index (χ0n) is 6.95.